The first-order valence-corrected chi connectivity index (χ1v) is 10.5. The van der Waals surface area contributed by atoms with Crippen molar-refractivity contribution in [2.24, 2.45) is 10.7 Å². The largest absolute Gasteiger partial charge is 0.458 e. The van der Waals surface area contributed by atoms with E-state index in [1.165, 1.54) is 5.57 Å². The van der Waals surface area contributed by atoms with Crippen LogP contribution >= 0.6 is 11.8 Å². The standard InChI is InChI=1S/C22H25N3O3S/c1-2-24-22(25-11-14-6-7-18-19(9-14)28-13-27-18)21-17(23)10-20(29-21)16-5-3-4-15(8-16)12-26/h2-5,8-10,17,21,26H,1,6-7,11-13,23H2,(H,24,25). The van der Waals surface area contributed by atoms with Gasteiger partial charge in [-0.15, -0.1) is 11.8 Å². The summed E-state index contributed by atoms with van der Waals surface area (Å²) in [6, 6.07) is 7.72. The molecule has 29 heavy (non-hydrogen) atoms. The van der Waals surface area contributed by atoms with Crippen molar-refractivity contribution in [1.29, 1.82) is 0 Å². The van der Waals surface area contributed by atoms with E-state index in [1.807, 2.05) is 24.3 Å². The molecule has 2 atom stereocenters. The van der Waals surface area contributed by atoms with Crippen LogP contribution < -0.4 is 11.1 Å². The average Bonchev–Trinajstić information content (AvgIpc) is 3.37. The highest BCUT2D eigenvalue weighted by Crippen LogP contribution is 2.39. The SMILES string of the molecule is C=C/N=C(/NCC1=CC2=C(CC1)OCO2)C1SC(c2cccc(CO)c2)=CC1N. The van der Waals surface area contributed by atoms with E-state index in [-0.39, 0.29) is 17.9 Å². The summed E-state index contributed by atoms with van der Waals surface area (Å²) in [6.07, 6.45) is 7.45. The third-order valence-electron chi connectivity index (χ3n) is 5.07. The lowest BCUT2D eigenvalue weighted by atomic mass is 10.0. The molecule has 2 unspecified atom stereocenters. The number of rotatable bonds is 6. The molecule has 1 aliphatic carbocycles. The Labute approximate surface area is 174 Å². The van der Waals surface area contributed by atoms with Crippen molar-refractivity contribution in [2.75, 3.05) is 13.3 Å². The highest BCUT2D eigenvalue weighted by molar-refractivity contribution is 8.09. The van der Waals surface area contributed by atoms with Crippen LogP contribution in [0.15, 0.2) is 71.3 Å². The molecule has 1 aromatic carbocycles. The summed E-state index contributed by atoms with van der Waals surface area (Å²) in [5.74, 6) is 2.60. The Bertz CT molecular complexity index is 920. The molecule has 0 fully saturated rings. The highest BCUT2D eigenvalue weighted by atomic mass is 32.2. The number of aliphatic imine (C=N–C) groups is 1. The number of allylic oxidation sites excluding steroid dienone is 2. The molecule has 0 spiro atoms. The zero-order valence-corrected chi connectivity index (χ0v) is 17.0. The minimum Gasteiger partial charge on any atom is -0.458 e. The second-order valence-corrected chi connectivity index (χ2v) is 8.24. The molecular weight excluding hydrogens is 386 g/mol. The Kier molecular flexibility index (Phi) is 6.08. The van der Waals surface area contributed by atoms with Crippen molar-refractivity contribution in [3.05, 3.63) is 77.4 Å². The molecule has 2 heterocycles. The molecule has 0 saturated heterocycles. The van der Waals surface area contributed by atoms with Gasteiger partial charge in [-0.2, -0.15) is 0 Å². The summed E-state index contributed by atoms with van der Waals surface area (Å²) in [5.41, 5.74) is 9.61. The lowest BCUT2D eigenvalue weighted by molar-refractivity contribution is 0.0729. The van der Waals surface area contributed by atoms with Crippen molar-refractivity contribution in [3.63, 3.8) is 0 Å². The zero-order valence-electron chi connectivity index (χ0n) is 16.1. The van der Waals surface area contributed by atoms with E-state index in [4.69, 9.17) is 15.2 Å². The smallest absolute Gasteiger partial charge is 0.230 e. The quantitative estimate of drug-likeness (QED) is 0.493. The maximum atomic E-state index is 9.40. The molecule has 0 saturated carbocycles. The van der Waals surface area contributed by atoms with Gasteiger partial charge in [0, 0.05) is 30.1 Å². The van der Waals surface area contributed by atoms with E-state index in [0.717, 1.165) is 46.2 Å². The molecule has 152 valence electrons. The van der Waals surface area contributed by atoms with E-state index < -0.39 is 0 Å². The molecule has 6 nitrogen and oxygen atoms in total. The van der Waals surface area contributed by atoms with Gasteiger partial charge in [0.15, 0.2) is 5.76 Å². The van der Waals surface area contributed by atoms with Crippen LogP contribution in [0.2, 0.25) is 0 Å². The Morgan fingerprint density at radius 2 is 2.28 bits per heavy atom. The Morgan fingerprint density at radius 3 is 3.10 bits per heavy atom. The number of nitrogens with zero attached hydrogens (tertiary/aromatic N) is 1. The molecule has 3 aliphatic rings. The molecule has 0 aromatic heterocycles. The Hall–Kier alpha value is -2.48. The van der Waals surface area contributed by atoms with Crippen molar-refractivity contribution in [2.45, 2.75) is 30.7 Å². The van der Waals surface area contributed by atoms with Gasteiger partial charge in [-0.05, 0) is 35.3 Å². The fraction of sp³-hybridized carbons (Fsp3) is 0.318. The number of aliphatic hydroxyl groups is 1. The van der Waals surface area contributed by atoms with Crippen LogP contribution in [-0.4, -0.2) is 35.6 Å². The predicted molar refractivity (Wildman–Crippen MR) is 117 cm³/mol. The first-order chi connectivity index (χ1) is 14.2. The summed E-state index contributed by atoms with van der Waals surface area (Å²) in [4.78, 5) is 5.57. The van der Waals surface area contributed by atoms with Crippen molar-refractivity contribution in [3.8, 4) is 0 Å². The van der Waals surface area contributed by atoms with Crippen LogP contribution in [0.5, 0.6) is 0 Å². The summed E-state index contributed by atoms with van der Waals surface area (Å²) in [5, 5.41) is 12.8. The van der Waals surface area contributed by atoms with Gasteiger partial charge in [0.25, 0.3) is 0 Å². The van der Waals surface area contributed by atoms with Crippen LogP contribution in [0, 0.1) is 0 Å². The van der Waals surface area contributed by atoms with E-state index >= 15 is 0 Å². The van der Waals surface area contributed by atoms with Crippen molar-refractivity contribution < 1.29 is 14.6 Å². The molecule has 0 amide bonds. The normalized spacial score (nSPS) is 23.7. The fourth-order valence-electron chi connectivity index (χ4n) is 3.57. The third-order valence-corrected chi connectivity index (χ3v) is 6.49. The molecule has 0 radical (unpaired) electrons. The molecule has 4 N–H and O–H groups in total. The summed E-state index contributed by atoms with van der Waals surface area (Å²) >= 11 is 1.68. The van der Waals surface area contributed by atoms with Gasteiger partial charge in [0.2, 0.25) is 6.79 Å². The Morgan fingerprint density at radius 1 is 1.38 bits per heavy atom. The average molecular weight is 412 g/mol. The van der Waals surface area contributed by atoms with Crippen LogP contribution in [0.1, 0.15) is 24.0 Å². The van der Waals surface area contributed by atoms with Gasteiger partial charge in [0.1, 0.15) is 11.6 Å². The van der Waals surface area contributed by atoms with Gasteiger partial charge in [-0.25, -0.2) is 4.99 Å². The molecule has 0 bridgehead atoms. The van der Waals surface area contributed by atoms with E-state index in [0.29, 0.717) is 13.3 Å². The number of aliphatic hydroxyl groups excluding tert-OH is 1. The lowest BCUT2D eigenvalue weighted by Gasteiger charge is -2.21. The minimum absolute atomic E-state index is 0.0218. The molecule has 2 aliphatic heterocycles. The maximum Gasteiger partial charge on any atom is 0.230 e. The zero-order chi connectivity index (χ0) is 20.2. The van der Waals surface area contributed by atoms with Crippen LogP contribution in [0.4, 0.5) is 0 Å². The first-order valence-electron chi connectivity index (χ1n) is 9.63. The number of nitrogens with two attached hydrogens (primary N) is 1. The highest BCUT2D eigenvalue weighted by Gasteiger charge is 2.31. The summed E-state index contributed by atoms with van der Waals surface area (Å²) in [7, 11) is 0. The van der Waals surface area contributed by atoms with Crippen molar-refractivity contribution >= 4 is 22.5 Å². The Balaban J connectivity index is 1.44. The van der Waals surface area contributed by atoms with E-state index in [1.54, 1.807) is 18.0 Å². The maximum absolute atomic E-state index is 9.40. The van der Waals surface area contributed by atoms with Crippen LogP contribution in [0.3, 0.4) is 0 Å². The summed E-state index contributed by atoms with van der Waals surface area (Å²) in [6.45, 7) is 4.76. The number of ether oxygens (including phenoxy) is 2. The third kappa shape index (κ3) is 4.42. The fourth-order valence-corrected chi connectivity index (χ4v) is 4.83. The van der Waals surface area contributed by atoms with E-state index in [2.05, 4.69) is 29.0 Å². The molecule has 1 aromatic rings. The van der Waals surface area contributed by atoms with E-state index in [9.17, 15) is 5.11 Å². The van der Waals surface area contributed by atoms with Crippen molar-refractivity contribution in [1.82, 2.24) is 5.32 Å². The number of hydrogen-bond acceptors (Lipinski definition) is 6. The van der Waals surface area contributed by atoms with Gasteiger partial charge in [-0.1, -0.05) is 30.9 Å². The second kappa shape index (κ2) is 8.90. The monoisotopic (exact) mass is 411 g/mol. The molecule has 4 rings (SSSR count). The second-order valence-electron chi connectivity index (χ2n) is 7.05. The first kappa shape index (κ1) is 19.8. The number of amidine groups is 1. The van der Waals surface area contributed by atoms with Gasteiger partial charge < -0.3 is 25.6 Å². The number of hydrogen-bond donors (Lipinski definition) is 3. The minimum atomic E-state index is -0.166. The number of thioether (sulfide) groups is 1. The van der Waals surface area contributed by atoms with Gasteiger partial charge in [0.05, 0.1) is 11.9 Å². The number of nitrogens with one attached hydrogen (secondary N) is 1. The summed E-state index contributed by atoms with van der Waals surface area (Å²) < 4.78 is 10.9. The van der Waals surface area contributed by atoms with Gasteiger partial charge in [-0.3, -0.25) is 0 Å². The van der Waals surface area contributed by atoms with Gasteiger partial charge >= 0.3 is 0 Å². The molecule has 7 heteroatoms. The molecular formula is C22H25N3O3S. The lowest BCUT2D eigenvalue weighted by Crippen LogP contribution is -2.42. The topological polar surface area (TPSA) is 89.1 Å². The van der Waals surface area contributed by atoms with Crippen LogP contribution in [0.25, 0.3) is 4.91 Å². The van der Waals surface area contributed by atoms with Crippen LogP contribution in [-0.2, 0) is 16.1 Å². The predicted octanol–water partition coefficient (Wildman–Crippen LogP) is 3.03. The number of benzene rings is 1.